The molecular formula is C20H16N2O3S. The van der Waals surface area contributed by atoms with E-state index in [1.165, 1.54) is 35.6 Å². The van der Waals surface area contributed by atoms with Crippen molar-refractivity contribution in [3.63, 3.8) is 0 Å². The van der Waals surface area contributed by atoms with Crippen LogP contribution in [0.1, 0.15) is 5.56 Å². The summed E-state index contributed by atoms with van der Waals surface area (Å²) in [6.07, 6.45) is 0. The van der Waals surface area contributed by atoms with E-state index in [-0.39, 0.29) is 4.90 Å². The van der Waals surface area contributed by atoms with E-state index in [9.17, 15) is 8.42 Å². The maximum atomic E-state index is 12.7. The largest absolute Gasteiger partial charge is 0.457 e. The number of hydrogen-bond donors (Lipinski definition) is 0. The quantitative estimate of drug-likeness (QED) is 0.681. The van der Waals surface area contributed by atoms with Gasteiger partial charge in [-0.3, -0.25) is 4.31 Å². The zero-order valence-corrected chi connectivity index (χ0v) is 14.8. The summed E-state index contributed by atoms with van der Waals surface area (Å²) >= 11 is 0. The molecule has 0 unspecified atom stereocenters. The summed E-state index contributed by atoms with van der Waals surface area (Å²) in [5.41, 5.74) is 0.920. The van der Waals surface area contributed by atoms with Gasteiger partial charge in [0.05, 0.1) is 22.2 Å². The van der Waals surface area contributed by atoms with Crippen LogP contribution in [0.25, 0.3) is 0 Å². The average Bonchev–Trinajstić information content (AvgIpc) is 2.69. The number of anilines is 1. The van der Waals surface area contributed by atoms with Crippen LogP contribution in [0.2, 0.25) is 0 Å². The maximum Gasteiger partial charge on any atom is 0.264 e. The molecule has 3 aromatic rings. The Hall–Kier alpha value is -3.30. The highest BCUT2D eigenvalue weighted by molar-refractivity contribution is 7.92. The molecule has 0 atom stereocenters. The van der Waals surface area contributed by atoms with E-state index in [2.05, 4.69) is 0 Å². The van der Waals surface area contributed by atoms with Crippen molar-refractivity contribution in [1.82, 2.24) is 0 Å². The van der Waals surface area contributed by atoms with Gasteiger partial charge >= 0.3 is 0 Å². The minimum atomic E-state index is -3.71. The standard InChI is InChI=1S/C20H16N2O3S/c1-22(26(23,24)20-13-7-16(15-21)8-14-20)17-9-11-19(12-10-17)25-18-5-3-2-4-6-18/h2-14H,1H3. The Balaban J connectivity index is 1.80. The van der Waals surface area contributed by atoms with Crippen molar-refractivity contribution in [3.05, 3.63) is 84.4 Å². The molecule has 0 aliphatic carbocycles. The van der Waals surface area contributed by atoms with Crippen LogP contribution >= 0.6 is 0 Å². The van der Waals surface area contributed by atoms with E-state index in [1.54, 1.807) is 24.3 Å². The number of para-hydroxylation sites is 1. The third-order valence-electron chi connectivity index (χ3n) is 3.82. The summed E-state index contributed by atoms with van der Waals surface area (Å²) < 4.78 is 32.3. The van der Waals surface area contributed by atoms with Crippen molar-refractivity contribution in [2.45, 2.75) is 4.90 Å². The third kappa shape index (κ3) is 3.68. The van der Waals surface area contributed by atoms with Crippen molar-refractivity contribution >= 4 is 15.7 Å². The van der Waals surface area contributed by atoms with Crippen LogP contribution in [-0.4, -0.2) is 15.5 Å². The molecule has 0 radical (unpaired) electrons. The zero-order chi connectivity index (χ0) is 18.6. The predicted molar refractivity (Wildman–Crippen MR) is 99.7 cm³/mol. The topological polar surface area (TPSA) is 70.4 Å². The van der Waals surface area contributed by atoms with Crippen molar-refractivity contribution in [2.24, 2.45) is 0 Å². The molecular weight excluding hydrogens is 348 g/mol. The highest BCUT2D eigenvalue weighted by Gasteiger charge is 2.21. The van der Waals surface area contributed by atoms with E-state index >= 15 is 0 Å². The van der Waals surface area contributed by atoms with Gasteiger partial charge in [-0.1, -0.05) is 18.2 Å². The minimum Gasteiger partial charge on any atom is -0.457 e. The van der Waals surface area contributed by atoms with Gasteiger partial charge in [0.1, 0.15) is 11.5 Å². The zero-order valence-electron chi connectivity index (χ0n) is 14.0. The summed E-state index contributed by atoms with van der Waals surface area (Å²) in [6.45, 7) is 0. The molecule has 0 amide bonds. The highest BCUT2D eigenvalue weighted by atomic mass is 32.2. The molecule has 0 saturated carbocycles. The second-order valence-electron chi connectivity index (χ2n) is 5.52. The van der Waals surface area contributed by atoms with Crippen LogP contribution in [0.4, 0.5) is 5.69 Å². The number of nitrogens with zero attached hydrogens (tertiary/aromatic N) is 2. The van der Waals surface area contributed by atoms with Gasteiger partial charge in [-0.05, 0) is 60.7 Å². The number of hydrogen-bond acceptors (Lipinski definition) is 4. The van der Waals surface area contributed by atoms with Gasteiger partial charge in [0.15, 0.2) is 0 Å². The van der Waals surface area contributed by atoms with Crippen LogP contribution in [0.5, 0.6) is 11.5 Å². The molecule has 6 heteroatoms. The molecule has 5 nitrogen and oxygen atoms in total. The van der Waals surface area contributed by atoms with E-state index in [0.717, 1.165) is 0 Å². The fourth-order valence-corrected chi connectivity index (χ4v) is 3.54. The van der Waals surface area contributed by atoms with Crippen LogP contribution in [0, 0.1) is 11.3 Å². The highest BCUT2D eigenvalue weighted by Crippen LogP contribution is 2.27. The van der Waals surface area contributed by atoms with Crippen LogP contribution in [-0.2, 0) is 10.0 Å². The second-order valence-corrected chi connectivity index (χ2v) is 7.49. The van der Waals surface area contributed by atoms with Gasteiger partial charge in [0.2, 0.25) is 0 Å². The fourth-order valence-electron chi connectivity index (χ4n) is 2.35. The molecule has 3 aromatic carbocycles. The summed E-state index contributed by atoms with van der Waals surface area (Å²) in [5.74, 6) is 1.32. The molecule has 0 fully saturated rings. The second kappa shape index (κ2) is 7.30. The van der Waals surface area contributed by atoms with Crippen LogP contribution < -0.4 is 9.04 Å². The van der Waals surface area contributed by atoms with Crippen molar-refractivity contribution < 1.29 is 13.2 Å². The molecule has 0 aromatic heterocycles. The smallest absolute Gasteiger partial charge is 0.264 e. The SMILES string of the molecule is CN(c1ccc(Oc2ccccc2)cc1)S(=O)(=O)c1ccc(C#N)cc1. The van der Waals surface area contributed by atoms with Crippen LogP contribution in [0.15, 0.2) is 83.8 Å². The van der Waals surface area contributed by atoms with Crippen LogP contribution in [0.3, 0.4) is 0 Å². The summed E-state index contributed by atoms with van der Waals surface area (Å²) in [7, 11) is -2.22. The van der Waals surface area contributed by atoms with Crippen molar-refractivity contribution in [1.29, 1.82) is 5.26 Å². The lowest BCUT2D eigenvalue weighted by Crippen LogP contribution is -2.26. The Morgan fingerprint density at radius 3 is 2.00 bits per heavy atom. The molecule has 0 heterocycles. The Labute approximate surface area is 152 Å². The van der Waals surface area contributed by atoms with E-state index < -0.39 is 10.0 Å². The third-order valence-corrected chi connectivity index (χ3v) is 5.62. The lowest BCUT2D eigenvalue weighted by atomic mass is 10.2. The van der Waals surface area contributed by atoms with E-state index in [0.29, 0.717) is 22.7 Å². The first-order chi connectivity index (χ1) is 12.5. The predicted octanol–water partition coefficient (Wildman–Crippen LogP) is 4.18. The molecule has 0 aliphatic rings. The number of nitriles is 1. The first kappa shape index (κ1) is 17.5. The molecule has 130 valence electrons. The first-order valence-corrected chi connectivity index (χ1v) is 9.27. The van der Waals surface area contributed by atoms with Crippen molar-refractivity contribution in [2.75, 3.05) is 11.4 Å². The summed E-state index contributed by atoms with van der Waals surface area (Å²) in [5, 5.41) is 8.83. The number of rotatable bonds is 5. The molecule has 0 bridgehead atoms. The Kier molecular flexibility index (Phi) is 4.92. The summed E-state index contributed by atoms with van der Waals surface area (Å²) in [4.78, 5) is 0.128. The Morgan fingerprint density at radius 2 is 1.42 bits per heavy atom. The molecule has 26 heavy (non-hydrogen) atoms. The fraction of sp³-hybridized carbons (Fsp3) is 0.0500. The lowest BCUT2D eigenvalue weighted by molar-refractivity contribution is 0.482. The number of sulfonamides is 1. The molecule has 3 rings (SSSR count). The van der Waals surface area contributed by atoms with Gasteiger partial charge in [0.25, 0.3) is 10.0 Å². The minimum absolute atomic E-state index is 0.128. The Bertz CT molecular complexity index is 1020. The van der Waals surface area contributed by atoms with Gasteiger partial charge in [-0.2, -0.15) is 5.26 Å². The van der Waals surface area contributed by atoms with E-state index in [4.69, 9.17) is 10.00 Å². The van der Waals surface area contributed by atoms with Gasteiger partial charge in [-0.15, -0.1) is 0 Å². The molecule has 0 saturated heterocycles. The van der Waals surface area contributed by atoms with Gasteiger partial charge in [0, 0.05) is 7.05 Å². The van der Waals surface area contributed by atoms with E-state index in [1.807, 2.05) is 36.4 Å². The lowest BCUT2D eigenvalue weighted by Gasteiger charge is -2.20. The molecule has 0 aliphatic heterocycles. The number of benzene rings is 3. The van der Waals surface area contributed by atoms with Crippen molar-refractivity contribution in [3.8, 4) is 17.6 Å². The maximum absolute atomic E-state index is 12.7. The van der Waals surface area contributed by atoms with Gasteiger partial charge < -0.3 is 4.74 Å². The average molecular weight is 364 g/mol. The Morgan fingerprint density at radius 1 is 0.846 bits per heavy atom. The first-order valence-electron chi connectivity index (χ1n) is 7.83. The van der Waals surface area contributed by atoms with Gasteiger partial charge in [-0.25, -0.2) is 8.42 Å². The number of ether oxygens (including phenoxy) is 1. The monoisotopic (exact) mass is 364 g/mol. The molecule has 0 N–H and O–H groups in total. The molecule has 0 spiro atoms. The summed E-state index contributed by atoms with van der Waals surface area (Å²) in [6, 6.07) is 23.9. The normalized spacial score (nSPS) is 10.8.